The zero-order valence-electron chi connectivity index (χ0n) is 17.2. The molecule has 3 heterocycles. The smallest absolute Gasteiger partial charge is 0.255 e. The van der Waals surface area contributed by atoms with Gasteiger partial charge in [-0.1, -0.05) is 24.3 Å². The molecule has 2 aliphatic heterocycles. The number of para-hydroxylation sites is 1. The van der Waals surface area contributed by atoms with Crippen molar-refractivity contribution in [3.8, 4) is 0 Å². The highest BCUT2D eigenvalue weighted by Gasteiger charge is 2.30. The summed E-state index contributed by atoms with van der Waals surface area (Å²) >= 11 is 0. The summed E-state index contributed by atoms with van der Waals surface area (Å²) in [7, 11) is 0. The summed E-state index contributed by atoms with van der Waals surface area (Å²) in [5, 5.41) is 1.08. The molecular formula is C25H28FN3O. The molecule has 2 saturated heterocycles. The number of rotatable bonds is 4. The average molecular weight is 406 g/mol. The molecular weight excluding hydrogens is 377 g/mol. The molecule has 30 heavy (non-hydrogen) atoms. The molecule has 1 N–H and O–H groups in total. The second kappa shape index (κ2) is 8.23. The van der Waals surface area contributed by atoms with Gasteiger partial charge in [0, 0.05) is 31.2 Å². The fourth-order valence-electron chi connectivity index (χ4n) is 5.15. The number of nitrogens with one attached hydrogen (secondary N) is 1. The highest BCUT2D eigenvalue weighted by Crippen LogP contribution is 2.30. The van der Waals surface area contributed by atoms with Gasteiger partial charge in [-0.25, -0.2) is 4.39 Å². The normalized spacial score (nSPS) is 20.8. The van der Waals surface area contributed by atoms with Crippen LogP contribution in [-0.2, 0) is 0 Å². The average Bonchev–Trinajstić information content (AvgIpc) is 3.44. The second-order valence-corrected chi connectivity index (χ2v) is 8.78. The number of nitrogens with zero attached hydrogens (tertiary/aromatic N) is 2. The van der Waals surface area contributed by atoms with Gasteiger partial charge < -0.3 is 14.8 Å². The first-order valence-electron chi connectivity index (χ1n) is 11.0. The van der Waals surface area contributed by atoms with Crippen LogP contribution in [0.15, 0.2) is 54.7 Å². The Hall–Kier alpha value is -2.66. The van der Waals surface area contributed by atoms with Crippen LogP contribution in [0, 0.1) is 11.7 Å². The van der Waals surface area contributed by atoms with E-state index in [1.807, 2.05) is 47.5 Å². The third-order valence-corrected chi connectivity index (χ3v) is 6.84. The van der Waals surface area contributed by atoms with E-state index >= 15 is 0 Å². The van der Waals surface area contributed by atoms with Crippen molar-refractivity contribution in [3.63, 3.8) is 0 Å². The number of carbonyl (C=O) groups is 1. The number of carbonyl (C=O) groups excluding carboxylic acids is 1. The van der Waals surface area contributed by atoms with E-state index in [0.29, 0.717) is 11.8 Å². The summed E-state index contributed by atoms with van der Waals surface area (Å²) in [5.41, 5.74) is 2.97. The Kier molecular flexibility index (Phi) is 5.30. The molecule has 4 nitrogen and oxygen atoms in total. The third-order valence-electron chi connectivity index (χ3n) is 6.84. The van der Waals surface area contributed by atoms with Gasteiger partial charge >= 0.3 is 0 Å². The van der Waals surface area contributed by atoms with Crippen molar-refractivity contribution >= 4 is 16.8 Å². The van der Waals surface area contributed by atoms with Crippen LogP contribution in [0.1, 0.15) is 41.1 Å². The van der Waals surface area contributed by atoms with E-state index in [0.717, 1.165) is 68.5 Å². The van der Waals surface area contributed by atoms with Crippen LogP contribution in [0.5, 0.6) is 0 Å². The molecule has 2 fully saturated rings. The van der Waals surface area contributed by atoms with Gasteiger partial charge in [0.15, 0.2) is 0 Å². The lowest BCUT2D eigenvalue weighted by Gasteiger charge is -2.33. The summed E-state index contributed by atoms with van der Waals surface area (Å²) in [5.74, 6) is 1.05. The molecule has 5 rings (SSSR count). The van der Waals surface area contributed by atoms with Crippen LogP contribution in [0.3, 0.4) is 0 Å². The number of piperidine rings is 1. The van der Waals surface area contributed by atoms with E-state index in [-0.39, 0.29) is 11.7 Å². The Morgan fingerprint density at radius 2 is 1.80 bits per heavy atom. The Labute approximate surface area is 176 Å². The largest absolute Gasteiger partial charge is 0.361 e. The zero-order chi connectivity index (χ0) is 20.5. The number of benzene rings is 2. The minimum atomic E-state index is -0.163. The lowest BCUT2D eigenvalue weighted by atomic mass is 9.89. The molecule has 156 valence electrons. The number of aromatic nitrogens is 1. The minimum absolute atomic E-state index is 0.139. The molecule has 0 saturated carbocycles. The van der Waals surface area contributed by atoms with Gasteiger partial charge in [0.1, 0.15) is 5.82 Å². The van der Waals surface area contributed by atoms with Crippen molar-refractivity contribution in [2.24, 2.45) is 5.92 Å². The fourth-order valence-corrected chi connectivity index (χ4v) is 5.15. The Bertz CT molecular complexity index is 1020. The molecule has 5 heteroatoms. The maximum Gasteiger partial charge on any atom is 0.255 e. The van der Waals surface area contributed by atoms with Gasteiger partial charge in [-0.05, 0) is 74.0 Å². The Morgan fingerprint density at radius 3 is 2.60 bits per heavy atom. The number of hydrogen-bond acceptors (Lipinski definition) is 2. The molecule has 2 aliphatic rings. The van der Waals surface area contributed by atoms with Gasteiger partial charge in [-0.15, -0.1) is 0 Å². The Balaban J connectivity index is 1.15. The standard InChI is InChI=1S/C25H28FN3O/c26-22-6-4-19(5-7-22)20-10-13-28(14-11-20)16-18-9-15-29(17-18)25(30)23-3-1-2-21-8-12-27-24(21)23/h1-8,12,18,20,27H,9-11,13-17H2. The van der Waals surface area contributed by atoms with E-state index in [4.69, 9.17) is 0 Å². The molecule has 1 aromatic heterocycles. The van der Waals surface area contributed by atoms with E-state index in [1.54, 1.807) is 12.1 Å². The summed E-state index contributed by atoms with van der Waals surface area (Å²) in [4.78, 5) is 20.9. The highest BCUT2D eigenvalue weighted by atomic mass is 19.1. The van der Waals surface area contributed by atoms with Gasteiger partial charge in [0.2, 0.25) is 0 Å². The Morgan fingerprint density at radius 1 is 1.00 bits per heavy atom. The van der Waals surface area contributed by atoms with Crippen molar-refractivity contribution in [1.29, 1.82) is 0 Å². The quantitative estimate of drug-likeness (QED) is 0.686. The lowest BCUT2D eigenvalue weighted by Crippen LogP contribution is -2.37. The highest BCUT2D eigenvalue weighted by molar-refractivity contribution is 6.05. The first kappa shape index (κ1) is 19.3. The van der Waals surface area contributed by atoms with Crippen molar-refractivity contribution in [1.82, 2.24) is 14.8 Å². The minimum Gasteiger partial charge on any atom is -0.361 e. The van der Waals surface area contributed by atoms with Gasteiger partial charge in [0.25, 0.3) is 5.91 Å². The molecule has 0 radical (unpaired) electrons. The molecule has 1 atom stereocenters. The summed E-state index contributed by atoms with van der Waals surface area (Å²) in [6.45, 7) is 4.90. The monoisotopic (exact) mass is 405 g/mol. The molecule has 0 spiro atoms. The van der Waals surface area contributed by atoms with Crippen LogP contribution in [-0.4, -0.2) is 53.4 Å². The van der Waals surface area contributed by atoms with Crippen LogP contribution >= 0.6 is 0 Å². The molecule has 1 unspecified atom stereocenters. The van der Waals surface area contributed by atoms with Crippen LogP contribution in [0.2, 0.25) is 0 Å². The number of fused-ring (bicyclic) bond motifs is 1. The molecule has 0 aliphatic carbocycles. The van der Waals surface area contributed by atoms with Crippen molar-refractivity contribution in [2.45, 2.75) is 25.2 Å². The molecule has 1 amide bonds. The summed E-state index contributed by atoms with van der Waals surface area (Å²) in [6.07, 6.45) is 5.21. The number of aromatic amines is 1. The maximum absolute atomic E-state index is 13.2. The van der Waals surface area contributed by atoms with Crippen LogP contribution < -0.4 is 0 Å². The zero-order valence-corrected chi connectivity index (χ0v) is 17.2. The number of hydrogen-bond donors (Lipinski definition) is 1. The third kappa shape index (κ3) is 3.86. The predicted molar refractivity (Wildman–Crippen MR) is 117 cm³/mol. The molecule has 3 aromatic rings. The van der Waals surface area contributed by atoms with Gasteiger partial charge in [-0.3, -0.25) is 4.79 Å². The molecule has 2 aromatic carbocycles. The first-order valence-corrected chi connectivity index (χ1v) is 11.0. The maximum atomic E-state index is 13.2. The summed E-state index contributed by atoms with van der Waals surface area (Å²) < 4.78 is 13.2. The van der Waals surface area contributed by atoms with Crippen molar-refractivity contribution in [2.75, 3.05) is 32.7 Å². The molecule has 0 bridgehead atoms. The first-order chi connectivity index (χ1) is 14.7. The van der Waals surface area contributed by atoms with Crippen molar-refractivity contribution < 1.29 is 9.18 Å². The number of halogens is 1. The van der Waals surface area contributed by atoms with E-state index in [9.17, 15) is 9.18 Å². The van der Waals surface area contributed by atoms with Crippen LogP contribution in [0.25, 0.3) is 10.9 Å². The number of H-pyrrole nitrogens is 1. The predicted octanol–water partition coefficient (Wildman–Crippen LogP) is 4.65. The number of amides is 1. The van der Waals surface area contributed by atoms with Crippen LogP contribution in [0.4, 0.5) is 4.39 Å². The SMILES string of the molecule is O=C(c1cccc2cc[nH]c12)N1CCC(CN2CCC(c3ccc(F)cc3)CC2)C1. The topological polar surface area (TPSA) is 39.3 Å². The van der Waals surface area contributed by atoms with Gasteiger partial charge in [-0.2, -0.15) is 0 Å². The van der Waals surface area contributed by atoms with Crippen molar-refractivity contribution in [3.05, 3.63) is 71.7 Å². The van der Waals surface area contributed by atoms with E-state index in [1.165, 1.54) is 5.56 Å². The second-order valence-electron chi connectivity index (χ2n) is 8.78. The lowest BCUT2D eigenvalue weighted by molar-refractivity contribution is 0.0783. The fraction of sp³-hybridized carbons (Fsp3) is 0.400. The number of likely N-dealkylation sites (tertiary alicyclic amines) is 2. The van der Waals surface area contributed by atoms with E-state index in [2.05, 4.69) is 9.88 Å². The van der Waals surface area contributed by atoms with E-state index < -0.39 is 0 Å². The summed E-state index contributed by atoms with van der Waals surface area (Å²) in [6, 6.07) is 14.9. The van der Waals surface area contributed by atoms with Gasteiger partial charge in [0.05, 0.1) is 11.1 Å².